The number of benzene rings is 2. The van der Waals surface area contributed by atoms with Gasteiger partial charge >= 0.3 is 0 Å². The number of rotatable bonds is 6. The second-order valence-electron chi connectivity index (χ2n) is 5.96. The van der Waals surface area contributed by atoms with Crippen molar-refractivity contribution in [3.8, 4) is 0 Å². The maximum Gasteiger partial charge on any atom is 0.255 e. The van der Waals surface area contributed by atoms with Gasteiger partial charge in [-0.15, -0.1) is 0 Å². The van der Waals surface area contributed by atoms with Crippen molar-refractivity contribution in [1.82, 2.24) is 15.2 Å². The van der Waals surface area contributed by atoms with E-state index in [2.05, 4.69) is 25.8 Å². The Morgan fingerprint density at radius 2 is 1.74 bits per heavy atom. The molecule has 0 fully saturated rings. The lowest BCUT2D eigenvalue weighted by Gasteiger charge is -2.09. The summed E-state index contributed by atoms with van der Waals surface area (Å²) in [6.07, 6.45) is 1.39. The average Bonchev–Trinajstić information content (AvgIpc) is 3.17. The van der Waals surface area contributed by atoms with Gasteiger partial charge in [0.05, 0.1) is 5.75 Å². The molecule has 0 bridgehead atoms. The zero-order chi connectivity index (χ0) is 19.2. The molecular weight excluding hydrogens is 362 g/mol. The van der Waals surface area contributed by atoms with Gasteiger partial charge < -0.3 is 10.6 Å². The molecular formula is C19H19N5O2S. The lowest BCUT2D eigenvalue weighted by Crippen LogP contribution is -2.15. The maximum atomic E-state index is 12.4. The van der Waals surface area contributed by atoms with Gasteiger partial charge in [0.15, 0.2) is 5.16 Å². The third-order valence-corrected chi connectivity index (χ3v) is 4.81. The van der Waals surface area contributed by atoms with E-state index in [0.717, 1.165) is 11.3 Å². The summed E-state index contributed by atoms with van der Waals surface area (Å²) in [5, 5.41) is 12.6. The molecule has 0 aliphatic carbocycles. The largest absolute Gasteiger partial charge is 0.325 e. The molecule has 1 aromatic heterocycles. The highest BCUT2D eigenvalue weighted by molar-refractivity contribution is 7.99. The highest BCUT2D eigenvalue weighted by Crippen LogP contribution is 2.17. The topological polar surface area (TPSA) is 99.8 Å². The predicted octanol–water partition coefficient (Wildman–Crippen LogP) is 3.40. The summed E-state index contributed by atoms with van der Waals surface area (Å²) in [7, 11) is 0. The molecule has 3 N–H and O–H groups in total. The van der Waals surface area contributed by atoms with Crippen molar-refractivity contribution in [3.63, 3.8) is 0 Å². The molecule has 8 heteroatoms. The van der Waals surface area contributed by atoms with Crippen LogP contribution in [0.5, 0.6) is 0 Å². The molecule has 0 saturated carbocycles. The highest BCUT2D eigenvalue weighted by atomic mass is 32.2. The Kier molecular flexibility index (Phi) is 5.87. The number of aromatic nitrogens is 3. The monoisotopic (exact) mass is 381 g/mol. The number of carbonyl (C=O) groups is 2. The zero-order valence-electron chi connectivity index (χ0n) is 14.9. The Bertz CT molecular complexity index is 939. The number of hydrogen-bond acceptors (Lipinski definition) is 5. The van der Waals surface area contributed by atoms with Crippen LogP contribution in [-0.2, 0) is 4.79 Å². The van der Waals surface area contributed by atoms with Crippen LogP contribution in [0.1, 0.15) is 21.5 Å². The number of H-pyrrole nitrogens is 1. The first-order valence-corrected chi connectivity index (χ1v) is 9.26. The number of carbonyl (C=O) groups excluding carboxylic acids is 2. The van der Waals surface area contributed by atoms with Gasteiger partial charge in [-0.3, -0.25) is 14.7 Å². The molecule has 3 aromatic rings. The third-order valence-electron chi connectivity index (χ3n) is 3.93. The van der Waals surface area contributed by atoms with Crippen molar-refractivity contribution in [3.05, 3.63) is 65.5 Å². The minimum absolute atomic E-state index is 0.163. The first kappa shape index (κ1) is 18.7. The molecule has 1 heterocycles. The standard InChI is InChI=1S/C19H19N5O2S/c1-12-3-6-16(9-13(12)2)23-18(26)14-4-7-15(8-5-14)22-17(25)10-27-19-20-11-21-24-19/h3-9,11H,10H2,1-2H3,(H,22,25)(H,23,26)(H,20,21,24). The van der Waals surface area contributed by atoms with E-state index in [-0.39, 0.29) is 17.6 Å². The van der Waals surface area contributed by atoms with Crippen molar-refractivity contribution < 1.29 is 9.59 Å². The van der Waals surface area contributed by atoms with Gasteiger partial charge in [-0.2, -0.15) is 5.10 Å². The summed E-state index contributed by atoms with van der Waals surface area (Å²) in [4.78, 5) is 28.3. The summed E-state index contributed by atoms with van der Waals surface area (Å²) in [5.74, 6) is -0.148. The summed E-state index contributed by atoms with van der Waals surface area (Å²) < 4.78 is 0. The number of nitrogens with zero attached hydrogens (tertiary/aromatic N) is 2. The van der Waals surface area contributed by atoms with Crippen molar-refractivity contribution in [2.75, 3.05) is 16.4 Å². The summed E-state index contributed by atoms with van der Waals surface area (Å²) in [6.45, 7) is 4.03. The second-order valence-corrected chi connectivity index (χ2v) is 6.92. The Morgan fingerprint density at radius 3 is 2.41 bits per heavy atom. The normalized spacial score (nSPS) is 10.4. The summed E-state index contributed by atoms with van der Waals surface area (Å²) in [6, 6.07) is 12.5. The molecule has 3 rings (SSSR count). The number of amides is 2. The quantitative estimate of drug-likeness (QED) is 0.568. The van der Waals surface area contributed by atoms with Gasteiger partial charge in [0.25, 0.3) is 5.91 Å². The zero-order valence-corrected chi connectivity index (χ0v) is 15.8. The first-order chi connectivity index (χ1) is 13.0. The number of hydrogen-bond donors (Lipinski definition) is 3. The fraction of sp³-hybridized carbons (Fsp3) is 0.158. The van der Waals surface area contributed by atoms with Crippen LogP contribution in [0.15, 0.2) is 53.9 Å². The molecule has 7 nitrogen and oxygen atoms in total. The van der Waals surface area contributed by atoms with Gasteiger partial charge in [-0.1, -0.05) is 17.8 Å². The van der Waals surface area contributed by atoms with E-state index in [4.69, 9.17) is 0 Å². The fourth-order valence-corrected chi connectivity index (χ4v) is 2.90. The molecule has 0 unspecified atom stereocenters. The number of thioether (sulfide) groups is 1. The molecule has 0 aliphatic heterocycles. The van der Waals surface area contributed by atoms with Gasteiger partial charge in [0, 0.05) is 16.9 Å². The average molecular weight is 381 g/mol. The number of nitrogens with one attached hydrogen (secondary N) is 3. The Morgan fingerprint density at radius 1 is 1.00 bits per heavy atom. The van der Waals surface area contributed by atoms with E-state index < -0.39 is 0 Å². The Balaban J connectivity index is 1.55. The molecule has 2 aromatic carbocycles. The maximum absolute atomic E-state index is 12.4. The van der Waals surface area contributed by atoms with Gasteiger partial charge in [-0.05, 0) is 61.4 Å². The predicted molar refractivity (Wildman–Crippen MR) is 106 cm³/mol. The molecule has 0 aliphatic rings. The first-order valence-electron chi connectivity index (χ1n) is 8.28. The van der Waals surface area contributed by atoms with Crippen LogP contribution in [0.25, 0.3) is 0 Å². The van der Waals surface area contributed by atoms with Crippen molar-refractivity contribution in [1.29, 1.82) is 0 Å². The van der Waals surface area contributed by atoms with Crippen LogP contribution < -0.4 is 10.6 Å². The number of aromatic amines is 1. The lowest BCUT2D eigenvalue weighted by molar-refractivity contribution is -0.113. The van der Waals surface area contributed by atoms with E-state index in [1.165, 1.54) is 23.7 Å². The smallest absolute Gasteiger partial charge is 0.255 e. The highest BCUT2D eigenvalue weighted by Gasteiger charge is 2.09. The van der Waals surface area contributed by atoms with E-state index in [0.29, 0.717) is 16.4 Å². The van der Waals surface area contributed by atoms with Crippen LogP contribution in [0.2, 0.25) is 0 Å². The van der Waals surface area contributed by atoms with Gasteiger partial charge in [0.2, 0.25) is 5.91 Å². The lowest BCUT2D eigenvalue weighted by atomic mass is 10.1. The summed E-state index contributed by atoms with van der Waals surface area (Å²) in [5.41, 5.74) is 4.19. The second kappa shape index (κ2) is 8.50. The molecule has 27 heavy (non-hydrogen) atoms. The van der Waals surface area contributed by atoms with Crippen molar-refractivity contribution in [2.24, 2.45) is 0 Å². The van der Waals surface area contributed by atoms with Crippen LogP contribution in [0, 0.1) is 13.8 Å². The van der Waals surface area contributed by atoms with E-state index >= 15 is 0 Å². The Labute approximate surface area is 161 Å². The van der Waals surface area contributed by atoms with Gasteiger partial charge in [-0.25, -0.2) is 4.98 Å². The molecule has 0 radical (unpaired) electrons. The van der Waals surface area contributed by atoms with Crippen LogP contribution in [0.4, 0.5) is 11.4 Å². The Hall–Kier alpha value is -3.13. The van der Waals surface area contributed by atoms with Crippen LogP contribution >= 0.6 is 11.8 Å². The molecule has 138 valence electrons. The van der Waals surface area contributed by atoms with Crippen LogP contribution in [-0.4, -0.2) is 32.7 Å². The summed E-state index contributed by atoms with van der Waals surface area (Å²) >= 11 is 1.26. The van der Waals surface area contributed by atoms with Gasteiger partial charge in [0.1, 0.15) is 6.33 Å². The van der Waals surface area contributed by atoms with E-state index in [9.17, 15) is 9.59 Å². The molecule has 0 spiro atoms. The van der Waals surface area contributed by atoms with E-state index in [1.807, 2.05) is 32.0 Å². The number of anilines is 2. The minimum atomic E-state index is -0.197. The minimum Gasteiger partial charge on any atom is -0.325 e. The van der Waals surface area contributed by atoms with Crippen molar-refractivity contribution >= 4 is 35.0 Å². The van der Waals surface area contributed by atoms with Crippen molar-refractivity contribution in [2.45, 2.75) is 19.0 Å². The van der Waals surface area contributed by atoms with E-state index in [1.54, 1.807) is 24.3 Å². The SMILES string of the molecule is Cc1ccc(NC(=O)c2ccc(NC(=O)CSc3ncn[nH]3)cc2)cc1C. The number of aryl methyl sites for hydroxylation is 2. The molecule has 0 saturated heterocycles. The molecule has 0 atom stereocenters. The molecule has 2 amide bonds. The third kappa shape index (κ3) is 5.18. The fourth-order valence-electron chi connectivity index (χ4n) is 2.32. The van der Waals surface area contributed by atoms with Crippen LogP contribution in [0.3, 0.4) is 0 Å².